The molecule has 2 N–H and O–H groups in total. The van der Waals surface area contributed by atoms with Crippen molar-refractivity contribution in [3.05, 3.63) is 54.1 Å². The topological polar surface area (TPSA) is 45.1 Å². The van der Waals surface area contributed by atoms with Crippen molar-refractivity contribution in [3.63, 3.8) is 0 Å². The van der Waals surface area contributed by atoms with Crippen LogP contribution >= 0.6 is 0 Å². The second-order valence-corrected chi connectivity index (χ2v) is 6.87. The predicted molar refractivity (Wildman–Crippen MR) is 102 cm³/mol. The van der Waals surface area contributed by atoms with E-state index in [0.717, 1.165) is 39.1 Å². The van der Waals surface area contributed by atoms with Crippen LogP contribution in [0.15, 0.2) is 43.0 Å². The SMILES string of the molecule is c1cn(CCCNCc2ccc(CNCCN3CCCC3)cc2)cn1. The number of nitrogens with zero attached hydrogens (tertiary/aromatic N) is 3. The minimum atomic E-state index is 0.937. The lowest BCUT2D eigenvalue weighted by Gasteiger charge is -2.14. The maximum atomic E-state index is 4.06. The van der Waals surface area contributed by atoms with Crippen LogP contribution in [0, 0.1) is 0 Å². The summed E-state index contributed by atoms with van der Waals surface area (Å²) < 4.78 is 2.12. The van der Waals surface area contributed by atoms with Gasteiger partial charge in [0.2, 0.25) is 0 Å². The Bertz CT molecular complexity index is 573. The first-order valence-corrected chi connectivity index (χ1v) is 9.57. The third kappa shape index (κ3) is 6.61. The summed E-state index contributed by atoms with van der Waals surface area (Å²) in [5, 5.41) is 7.07. The first-order valence-electron chi connectivity index (χ1n) is 9.57. The summed E-state index contributed by atoms with van der Waals surface area (Å²) in [4.78, 5) is 6.61. The highest BCUT2D eigenvalue weighted by Gasteiger charge is 2.09. The Morgan fingerprint density at radius 2 is 1.56 bits per heavy atom. The van der Waals surface area contributed by atoms with Gasteiger partial charge < -0.3 is 20.1 Å². The molecule has 1 aliphatic rings. The van der Waals surface area contributed by atoms with E-state index >= 15 is 0 Å². The van der Waals surface area contributed by atoms with Gasteiger partial charge in [0, 0.05) is 45.1 Å². The molecule has 0 unspecified atom stereocenters. The van der Waals surface area contributed by atoms with Crippen LogP contribution in [0.3, 0.4) is 0 Å². The third-order valence-electron chi connectivity index (χ3n) is 4.81. The smallest absolute Gasteiger partial charge is 0.0945 e. The molecule has 0 spiro atoms. The average Bonchev–Trinajstić information content (AvgIpc) is 3.33. The first-order chi connectivity index (χ1) is 12.4. The largest absolute Gasteiger partial charge is 0.337 e. The van der Waals surface area contributed by atoms with E-state index < -0.39 is 0 Å². The molecule has 1 aromatic carbocycles. The Morgan fingerprint density at radius 1 is 0.880 bits per heavy atom. The van der Waals surface area contributed by atoms with Gasteiger partial charge in [-0.25, -0.2) is 4.98 Å². The second-order valence-electron chi connectivity index (χ2n) is 6.87. The molecule has 1 fully saturated rings. The summed E-state index contributed by atoms with van der Waals surface area (Å²) >= 11 is 0. The van der Waals surface area contributed by atoms with Crippen LogP contribution < -0.4 is 10.6 Å². The Kier molecular flexibility index (Phi) is 7.49. The van der Waals surface area contributed by atoms with Gasteiger partial charge in [0.05, 0.1) is 6.33 Å². The molecule has 5 heteroatoms. The van der Waals surface area contributed by atoms with E-state index in [0.29, 0.717) is 0 Å². The zero-order valence-corrected chi connectivity index (χ0v) is 15.2. The highest BCUT2D eigenvalue weighted by molar-refractivity contribution is 5.22. The second kappa shape index (κ2) is 10.3. The number of aromatic nitrogens is 2. The quantitative estimate of drug-likeness (QED) is 0.616. The molecule has 0 radical (unpaired) electrons. The molecule has 25 heavy (non-hydrogen) atoms. The molecule has 1 aliphatic heterocycles. The summed E-state index contributed by atoms with van der Waals surface area (Å²) in [5.41, 5.74) is 2.72. The van der Waals surface area contributed by atoms with Crippen molar-refractivity contribution >= 4 is 0 Å². The molecular weight excluding hydrogens is 310 g/mol. The van der Waals surface area contributed by atoms with Crippen molar-refractivity contribution in [1.82, 2.24) is 25.1 Å². The number of aryl methyl sites for hydroxylation is 1. The summed E-state index contributed by atoms with van der Waals surface area (Å²) in [6.45, 7) is 8.78. The third-order valence-corrected chi connectivity index (χ3v) is 4.81. The van der Waals surface area contributed by atoms with Gasteiger partial charge in [0.1, 0.15) is 0 Å². The van der Waals surface area contributed by atoms with E-state index in [1.54, 1.807) is 0 Å². The average molecular weight is 342 g/mol. The molecule has 1 saturated heterocycles. The number of hydrogen-bond donors (Lipinski definition) is 2. The van der Waals surface area contributed by atoms with Crippen molar-refractivity contribution in [2.24, 2.45) is 0 Å². The molecule has 0 amide bonds. The summed E-state index contributed by atoms with van der Waals surface area (Å²) in [6.07, 6.45) is 9.58. The molecule has 2 heterocycles. The summed E-state index contributed by atoms with van der Waals surface area (Å²) in [5.74, 6) is 0. The number of likely N-dealkylation sites (tertiary alicyclic amines) is 1. The van der Waals surface area contributed by atoms with Crippen molar-refractivity contribution in [3.8, 4) is 0 Å². The van der Waals surface area contributed by atoms with Crippen LogP contribution in [0.5, 0.6) is 0 Å². The summed E-state index contributed by atoms with van der Waals surface area (Å²) in [7, 11) is 0. The number of hydrogen-bond acceptors (Lipinski definition) is 4. The van der Waals surface area contributed by atoms with E-state index in [-0.39, 0.29) is 0 Å². The predicted octanol–water partition coefficient (Wildman–Crippen LogP) is 2.25. The van der Waals surface area contributed by atoms with Crippen LogP contribution in [0.2, 0.25) is 0 Å². The van der Waals surface area contributed by atoms with E-state index in [9.17, 15) is 0 Å². The molecule has 0 bridgehead atoms. The molecule has 0 aliphatic carbocycles. The number of nitrogens with one attached hydrogen (secondary N) is 2. The highest BCUT2D eigenvalue weighted by Crippen LogP contribution is 2.06. The fourth-order valence-electron chi connectivity index (χ4n) is 3.29. The van der Waals surface area contributed by atoms with Crippen molar-refractivity contribution in [1.29, 1.82) is 0 Å². The van der Waals surface area contributed by atoms with Gasteiger partial charge in [-0.05, 0) is 50.0 Å². The van der Waals surface area contributed by atoms with E-state index in [2.05, 4.69) is 49.4 Å². The minimum absolute atomic E-state index is 0.937. The number of benzene rings is 1. The van der Waals surface area contributed by atoms with E-state index in [1.165, 1.54) is 43.6 Å². The molecule has 0 atom stereocenters. The van der Waals surface area contributed by atoms with Crippen molar-refractivity contribution < 1.29 is 0 Å². The van der Waals surface area contributed by atoms with Crippen molar-refractivity contribution in [2.45, 2.75) is 38.9 Å². The van der Waals surface area contributed by atoms with Crippen LogP contribution in [0.4, 0.5) is 0 Å². The lowest BCUT2D eigenvalue weighted by atomic mass is 10.1. The van der Waals surface area contributed by atoms with E-state index in [1.807, 2.05) is 18.7 Å². The van der Waals surface area contributed by atoms with Crippen LogP contribution in [-0.2, 0) is 19.6 Å². The zero-order valence-electron chi connectivity index (χ0n) is 15.2. The van der Waals surface area contributed by atoms with Gasteiger partial charge in [-0.15, -0.1) is 0 Å². The molecule has 136 valence electrons. The Hall–Kier alpha value is -1.69. The monoisotopic (exact) mass is 341 g/mol. The molecule has 0 saturated carbocycles. The van der Waals surface area contributed by atoms with Gasteiger partial charge in [0.15, 0.2) is 0 Å². The van der Waals surface area contributed by atoms with Crippen LogP contribution in [0.25, 0.3) is 0 Å². The highest BCUT2D eigenvalue weighted by atomic mass is 15.1. The molecule has 3 rings (SSSR count). The number of imidazole rings is 1. The minimum Gasteiger partial charge on any atom is -0.337 e. The fourth-order valence-corrected chi connectivity index (χ4v) is 3.29. The Morgan fingerprint density at radius 3 is 2.20 bits per heavy atom. The molecular formula is C20H31N5. The lowest BCUT2D eigenvalue weighted by Crippen LogP contribution is -2.29. The van der Waals surface area contributed by atoms with Gasteiger partial charge in [-0.3, -0.25) is 0 Å². The Labute approximate surface area is 151 Å². The van der Waals surface area contributed by atoms with E-state index in [4.69, 9.17) is 0 Å². The standard InChI is InChI=1S/C20H31N5/c1-2-12-24(11-1)14-9-22-17-20-6-4-19(5-7-20)16-21-8-3-13-25-15-10-23-18-25/h4-7,10,15,18,21-22H,1-3,8-9,11-14,16-17H2. The molecule has 2 aromatic rings. The fraction of sp³-hybridized carbons (Fsp3) is 0.550. The lowest BCUT2D eigenvalue weighted by molar-refractivity contribution is 0.335. The van der Waals surface area contributed by atoms with Gasteiger partial charge in [-0.2, -0.15) is 0 Å². The van der Waals surface area contributed by atoms with Crippen LogP contribution in [0.1, 0.15) is 30.4 Å². The van der Waals surface area contributed by atoms with Gasteiger partial charge >= 0.3 is 0 Å². The zero-order chi connectivity index (χ0) is 17.2. The van der Waals surface area contributed by atoms with Gasteiger partial charge in [0.25, 0.3) is 0 Å². The molecule has 5 nitrogen and oxygen atoms in total. The molecule has 1 aromatic heterocycles. The number of rotatable bonds is 11. The van der Waals surface area contributed by atoms with Crippen molar-refractivity contribution in [2.75, 3.05) is 32.7 Å². The first kappa shape index (κ1) is 18.1. The Balaban J connectivity index is 1.25. The normalized spacial score (nSPS) is 15.0. The van der Waals surface area contributed by atoms with Gasteiger partial charge in [-0.1, -0.05) is 24.3 Å². The van der Waals surface area contributed by atoms with Crippen LogP contribution in [-0.4, -0.2) is 47.2 Å². The maximum Gasteiger partial charge on any atom is 0.0945 e. The summed E-state index contributed by atoms with van der Waals surface area (Å²) in [6, 6.07) is 8.96. The maximum absolute atomic E-state index is 4.06.